The van der Waals surface area contributed by atoms with Crippen molar-refractivity contribution in [2.75, 3.05) is 45.6 Å². The zero-order valence-electron chi connectivity index (χ0n) is 37.4. The van der Waals surface area contributed by atoms with Gasteiger partial charge in [0.15, 0.2) is 18.4 Å². The van der Waals surface area contributed by atoms with Crippen molar-refractivity contribution in [3.63, 3.8) is 0 Å². The van der Waals surface area contributed by atoms with Gasteiger partial charge in [0.25, 0.3) is 0 Å². The quantitative estimate of drug-likeness (QED) is 0.101. The van der Waals surface area contributed by atoms with Crippen LogP contribution in [-0.2, 0) is 62.7 Å². The van der Waals surface area contributed by atoms with Crippen LogP contribution in [0.1, 0.15) is 44.1 Å². The average molecular weight is 983 g/mol. The first-order valence-electron chi connectivity index (χ1n) is 21.0. The fourth-order valence-electron chi connectivity index (χ4n) is 8.37. The summed E-state index contributed by atoms with van der Waals surface area (Å²) in [6, 6.07) is 6.34. The second-order valence-corrected chi connectivity index (χ2v) is 24.0. The van der Waals surface area contributed by atoms with E-state index in [-0.39, 0.29) is 59.2 Å². The molecule has 2 saturated heterocycles. The van der Waals surface area contributed by atoms with Crippen LogP contribution in [-0.4, -0.2) is 149 Å². The van der Waals surface area contributed by atoms with Gasteiger partial charge in [-0.15, -0.1) is 17.7 Å². The maximum absolute atomic E-state index is 15.3. The second-order valence-electron chi connectivity index (χ2n) is 15.7. The summed E-state index contributed by atoms with van der Waals surface area (Å²) in [4.78, 5) is 49.7. The van der Waals surface area contributed by atoms with Crippen molar-refractivity contribution < 1.29 is 58.1 Å². The zero-order chi connectivity index (χ0) is 47.9. The number of aliphatic hydroxyl groups is 2. The Labute approximate surface area is 397 Å². The lowest BCUT2D eigenvalue weighted by Crippen LogP contribution is -2.68. The summed E-state index contributed by atoms with van der Waals surface area (Å²) in [5.41, 5.74) is 0.891. The lowest BCUT2D eigenvalue weighted by Gasteiger charge is -2.51. The van der Waals surface area contributed by atoms with E-state index in [9.17, 15) is 24.9 Å². The SMILES string of the molecule is CC#C/C=C\C#C[C@H](OC1OC(C)C(SC)(C(=O)c2nccc3c2[nH]c2ccc(O)cc23)C(O)C1OC1CC(OC)C(NCC)CO1)C1=C(NC(=O)OC)C(=O)C[C@H](O)/C1=C/CS(C)(=S)=S. The van der Waals surface area contributed by atoms with E-state index >= 15 is 4.79 Å². The van der Waals surface area contributed by atoms with Crippen molar-refractivity contribution in [3.8, 4) is 29.4 Å². The molecule has 6 rings (SSSR count). The molecule has 8 unspecified atom stereocenters. The summed E-state index contributed by atoms with van der Waals surface area (Å²) in [6.45, 7) is 6.05. The van der Waals surface area contributed by atoms with Gasteiger partial charge in [0.05, 0.1) is 49.3 Å². The Bertz CT molecular complexity index is 2660. The van der Waals surface area contributed by atoms with Crippen LogP contribution in [0, 0.1) is 23.7 Å². The lowest BCUT2D eigenvalue weighted by molar-refractivity contribution is -0.322. The molecule has 66 heavy (non-hydrogen) atoms. The number of allylic oxidation sites excluding steroid dienone is 3. The molecule has 354 valence electrons. The van der Waals surface area contributed by atoms with Crippen molar-refractivity contribution in [2.24, 2.45) is 0 Å². The van der Waals surface area contributed by atoms with E-state index in [0.717, 1.165) is 18.9 Å². The molecule has 0 radical (unpaired) electrons. The number of nitrogens with zero attached hydrogens (tertiary/aromatic N) is 1. The van der Waals surface area contributed by atoms with E-state index in [4.69, 9.17) is 50.8 Å². The molecule has 0 saturated carbocycles. The Morgan fingerprint density at radius 3 is 2.62 bits per heavy atom. The van der Waals surface area contributed by atoms with Crippen LogP contribution in [0.2, 0.25) is 0 Å². The van der Waals surface area contributed by atoms with Crippen LogP contribution in [0.5, 0.6) is 5.75 Å². The molecule has 0 spiro atoms. The molecule has 2 aliphatic heterocycles. The van der Waals surface area contributed by atoms with Gasteiger partial charge >= 0.3 is 6.09 Å². The third-order valence-corrected chi connectivity index (χ3v) is 14.6. The molecular weight excluding hydrogens is 929 g/mol. The monoisotopic (exact) mass is 982 g/mol. The smallest absolute Gasteiger partial charge is 0.411 e. The zero-order valence-corrected chi connectivity index (χ0v) is 40.7. The van der Waals surface area contributed by atoms with Crippen molar-refractivity contribution in [1.82, 2.24) is 20.6 Å². The van der Waals surface area contributed by atoms with Crippen molar-refractivity contribution in [3.05, 3.63) is 71.2 Å². The standard InChI is InChI=1S/C46H54N4O12S4/c1-8-10-11-12-13-14-34(37-28(18-20-66(7,63)64)32(52)22-33(53)39(37)50-45(56)58-5)61-44-41(62-36-23-35(57-4)31(24-59-36)47-9-2)43(55)46(65-6,25(3)60-44)42(54)40-38-27(17-19-48-40)29-21-26(51)15-16-30(29)49-38/h11-12,15-19,21,25,31-32,34-36,41,43-44,47,49,51-52,55H,9,20,22-24H2,1-7H3,(H,50,56)/b12-11-,28-18-/t25?,31?,32-,34-,35?,36?,41?,43?,44?,46?/m0/s1. The fraction of sp³-hybridized carbons (Fsp3) is 0.478. The summed E-state index contributed by atoms with van der Waals surface area (Å²) >= 11 is 12.2. The van der Waals surface area contributed by atoms with Crippen LogP contribution in [0.15, 0.2) is 65.5 Å². The molecule has 10 atom stereocenters. The number of ketones is 2. The number of phenols is 1. The molecule has 2 fully saturated rings. The number of aliphatic hydroxyl groups excluding tert-OH is 2. The Morgan fingerprint density at radius 1 is 1.18 bits per heavy atom. The van der Waals surface area contributed by atoms with Crippen molar-refractivity contribution in [2.45, 2.75) is 93.6 Å². The van der Waals surface area contributed by atoms with Gasteiger partial charge < -0.3 is 54.0 Å². The van der Waals surface area contributed by atoms with E-state index in [1.807, 2.05) is 6.92 Å². The number of alkyl carbamates (subject to hydrolysis) is 1. The van der Waals surface area contributed by atoms with Crippen molar-refractivity contribution >= 4 is 80.8 Å². The van der Waals surface area contributed by atoms with Crippen LogP contribution in [0.4, 0.5) is 4.79 Å². The molecule has 1 aliphatic carbocycles. The highest BCUT2D eigenvalue weighted by atomic mass is 33.1. The van der Waals surface area contributed by atoms with Crippen LogP contribution in [0.3, 0.4) is 0 Å². The summed E-state index contributed by atoms with van der Waals surface area (Å²) in [6.07, 6.45) is -2.03. The Morgan fingerprint density at radius 2 is 1.94 bits per heavy atom. The number of aromatic amines is 1. The topological polar surface area (TPSA) is 220 Å². The first kappa shape index (κ1) is 51.1. The molecule has 16 nitrogen and oxygen atoms in total. The Kier molecular flexibility index (Phi) is 17.2. The van der Waals surface area contributed by atoms with E-state index in [1.165, 1.54) is 24.4 Å². The number of aromatic hydroxyl groups is 1. The van der Waals surface area contributed by atoms with Crippen LogP contribution >= 0.6 is 11.8 Å². The average Bonchev–Trinajstić information content (AvgIpc) is 3.65. The Hall–Kier alpha value is -4.26. The molecule has 3 aromatic rings. The molecule has 3 aliphatic rings. The number of rotatable bonds is 14. The number of hydrogen-bond donors (Lipinski definition) is 6. The number of methoxy groups -OCH3 is 2. The molecular formula is C46H54N4O12S4. The molecule has 1 aromatic carbocycles. The number of nitrogens with one attached hydrogen (secondary N) is 3. The second kappa shape index (κ2) is 22.2. The van der Waals surface area contributed by atoms with E-state index in [1.54, 1.807) is 57.7 Å². The molecule has 2 aromatic heterocycles. The van der Waals surface area contributed by atoms with Gasteiger partial charge in [-0.2, -0.15) is 0 Å². The largest absolute Gasteiger partial charge is 0.508 e. The number of hydrogen-bond acceptors (Lipinski definition) is 17. The minimum Gasteiger partial charge on any atom is -0.508 e. The number of H-pyrrole nitrogens is 1. The van der Waals surface area contributed by atoms with Crippen LogP contribution < -0.4 is 10.6 Å². The predicted octanol–water partition coefficient (Wildman–Crippen LogP) is 3.48. The van der Waals surface area contributed by atoms with Crippen molar-refractivity contribution in [1.29, 1.82) is 0 Å². The number of pyridine rings is 1. The van der Waals surface area contributed by atoms with Gasteiger partial charge in [0, 0.05) is 53.8 Å². The number of fused-ring (bicyclic) bond motifs is 3. The number of aromatic nitrogens is 2. The predicted molar refractivity (Wildman–Crippen MR) is 258 cm³/mol. The number of amides is 1. The summed E-state index contributed by atoms with van der Waals surface area (Å²) in [5, 5.41) is 41.9. The first-order chi connectivity index (χ1) is 31.5. The maximum atomic E-state index is 15.3. The molecule has 4 heterocycles. The minimum absolute atomic E-state index is 0.00323. The highest BCUT2D eigenvalue weighted by Gasteiger charge is 2.61. The van der Waals surface area contributed by atoms with Gasteiger partial charge in [-0.3, -0.25) is 19.9 Å². The van der Waals surface area contributed by atoms with Gasteiger partial charge in [-0.05, 0) is 97.3 Å². The van der Waals surface area contributed by atoms with Gasteiger partial charge in [0.1, 0.15) is 34.5 Å². The maximum Gasteiger partial charge on any atom is 0.411 e. The number of carbonyl (C=O) groups is 3. The highest BCUT2D eigenvalue weighted by molar-refractivity contribution is 8.56. The number of Topliss-reactive ketones (excluding diaryl/α,β-unsaturated/α-hetero) is 2. The molecule has 6 N–H and O–H groups in total. The molecule has 20 heteroatoms. The van der Waals surface area contributed by atoms with Gasteiger partial charge in [-0.25, -0.2) is 4.79 Å². The highest BCUT2D eigenvalue weighted by Crippen LogP contribution is 2.46. The minimum atomic E-state index is -2.04. The number of ether oxygens (including phenoxy) is 6. The van der Waals surface area contributed by atoms with Crippen LogP contribution in [0.25, 0.3) is 21.8 Å². The first-order valence-corrected chi connectivity index (χ1v) is 26.3. The summed E-state index contributed by atoms with van der Waals surface area (Å²) in [5.74, 6) is 10.3. The van der Waals surface area contributed by atoms with E-state index in [0.29, 0.717) is 28.4 Å². The van der Waals surface area contributed by atoms with Gasteiger partial charge in [0.2, 0.25) is 5.78 Å². The van der Waals surface area contributed by atoms with E-state index in [2.05, 4.69) is 44.3 Å². The van der Waals surface area contributed by atoms with Gasteiger partial charge in [-0.1, -0.05) is 37.9 Å². The number of phenolic OH excluding ortho intramolecular Hbond substituents is 1. The molecule has 1 amide bonds. The number of benzene rings is 1. The van der Waals surface area contributed by atoms with E-state index < -0.39 is 79.1 Å². The third-order valence-electron chi connectivity index (χ3n) is 11.5. The summed E-state index contributed by atoms with van der Waals surface area (Å²) < 4.78 is 35.3. The summed E-state index contributed by atoms with van der Waals surface area (Å²) in [7, 11) is 0.668. The number of carbonyl (C=O) groups excluding carboxylic acids is 3. The third kappa shape index (κ3) is 11.0. The lowest BCUT2D eigenvalue weighted by atomic mass is 9.82. The fourth-order valence-corrected chi connectivity index (χ4v) is 10.3. The molecule has 0 bridgehead atoms. The Balaban J connectivity index is 1.51. The number of likely N-dealkylation sites (N-methyl/N-ethyl adjacent to an activating group) is 1. The number of thioether (sulfide) groups is 1. The normalized spacial score (nSPS) is 28.2.